The number of sulfone groups is 1. The number of hydrogen-bond donors (Lipinski definition) is 2. The van der Waals surface area contributed by atoms with Gasteiger partial charge in [-0.25, -0.2) is 21.6 Å². The first kappa shape index (κ1) is 19.4. The number of sulfonamides is 1. The highest BCUT2D eigenvalue weighted by atomic mass is 35.5. The van der Waals surface area contributed by atoms with Crippen molar-refractivity contribution in [2.24, 2.45) is 11.7 Å². The first-order valence-corrected chi connectivity index (χ1v) is 10.1. The van der Waals surface area contributed by atoms with Crippen molar-refractivity contribution in [1.82, 2.24) is 4.72 Å². The van der Waals surface area contributed by atoms with E-state index >= 15 is 0 Å². The van der Waals surface area contributed by atoms with Crippen LogP contribution in [0.5, 0.6) is 0 Å². The number of nitrogens with one attached hydrogen (secondary N) is 1. The minimum Gasteiger partial charge on any atom is -0.330 e. The van der Waals surface area contributed by atoms with Crippen LogP contribution in [-0.2, 0) is 19.9 Å². The van der Waals surface area contributed by atoms with Gasteiger partial charge in [0.15, 0.2) is 9.84 Å². The van der Waals surface area contributed by atoms with Crippen molar-refractivity contribution in [2.75, 3.05) is 12.8 Å². The van der Waals surface area contributed by atoms with Crippen molar-refractivity contribution in [3.05, 3.63) is 24.3 Å². The predicted molar refractivity (Wildman–Crippen MR) is 87.3 cm³/mol. The molecule has 2 atom stereocenters. The van der Waals surface area contributed by atoms with Gasteiger partial charge in [0.1, 0.15) is 4.90 Å². The molecule has 0 radical (unpaired) electrons. The lowest BCUT2D eigenvalue weighted by Gasteiger charge is -2.20. The minimum absolute atomic E-state index is 0. The molecule has 1 fully saturated rings. The van der Waals surface area contributed by atoms with E-state index in [0.29, 0.717) is 6.54 Å². The van der Waals surface area contributed by atoms with E-state index in [1.165, 1.54) is 24.3 Å². The maximum absolute atomic E-state index is 12.5. The summed E-state index contributed by atoms with van der Waals surface area (Å²) in [6.07, 6.45) is 3.53. The third kappa shape index (κ3) is 4.20. The SMILES string of the molecule is CS(=O)(=O)c1ccccc1S(=O)(=O)NC1CCCC1CN.Cl. The number of rotatable bonds is 5. The third-order valence-electron chi connectivity index (χ3n) is 3.81. The van der Waals surface area contributed by atoms with Crippen LogP contribution >= 0.6 is 12.4 Å². The van der Waals surface area contributed by atoms with E-state index in [1.807, 2.05) is 0 Å². The molecule has 1 saturated carbocycles. The first-order valence-electron chi connectivity index (χ1n) is 6.77. The second-order valence-corrected chi connectivity index (χ2v) is 9.04. The molecule has 1 aliphatic rings. The van der Waals surface area contributed by atoms with Crippen LogP contribution in [0.1, 0.15) is 19.3 Å². The Morgan fingerprint density at radius 2 is 1.73 bits per heavy atom. The number of halogens is 1. The average molecular weight is 369 g/mol. The Bertz CT molecular complexity index is 719. The Morgan fingerprint density at radius 1 is 1.14 bits per heavy atom. The van der Waals surface area contributed by atoms with Gasteiger partial charge in [0.05, 0.1) is 4.90 Å². The van der Waals surface area contributed by atoms with Gasteiger partial charge in [-0.3, -0.25) is 0 Å². The topological polar surface area (TPSA) is 106 Å². The van der Waals surface area contributed by atoms with Crippen molar-refractivity contribution < 1.29 is 16.8 Å². The second-order valence-electron chi connectivity index (χ2n) is 5.37. The summed E-state index contributed by atoms with van der Waals surface area (Å²) in [4.78, 5) is -0.380. The summed E-state index contributed by atoms with van der Waals surface area (Å²) in [5.74, 6) is 0.102. The van der Waals surface area contributed by atoms with Crippen molar-refractivity contribution in [2.45, 2.75) is 35.1 Å². The molecule has 0 aliphatic heterocycles. The fraction of sp³-hybridized carbons (Fsp3) is 0.538. The van der Waals surface area contributed by atoms with Gasteiger partial charge in [0.25, 0.3) is 0 Å². The Morgan fingerprint density at radius 3 is 2.27 bits per heavy atom. The van der Waals surface area contributed by atoms with Gasteiger partial charge in [0.2, 0.25) is 10.0 Å². The summed E-state index contributed by atoms with van der Waals surface area (Å²) in [7, 11) is -7.50. The molecule has 9 heteroatoms. The van der Waals surface area contributed by atoms with Crippen LogP contribution in [0.3, 0.4) is 0 Å². The monoisotopic (exact) mass is 368 g/mol. The molecule has 0 aromatic heterocycles. The van der Waals surface area contributed by atoms with Crippen LogP contribution in [0.2, 0.25) is 0 Å². The highest BCUT2D eigenvalue weighted by molar-refractivity contribution is 7.93. The summed E-state index contributed by atoms with van der Waals surface area (Å²) < 4.78 is 51.1. The van der Waals surface area contributed by atoms with Gasteiger partial charge >= 0.3 is 0 Å². The summed E-state index contributed by atoms with van der Waals surface area (Å²) in [5.41, 5.74) is 5.65. The zero-order valence-electron chi connectivity index (χ0n) is 12.2. The fourth-order valence-corrected chi connectivity index (χ4v) is 5.68. The van der Waals surface area contributed by atoms with Crippen LogP contribution in [-0.4, -0.2) is 35.7 Å². The lowest BCUT2D eigenvalue weighted by molar-refractivity contribution is 0.452. The Hall–Kier alpha value is -0.670. The predicted octanol–water partition coefficient (Wildman–Crippen LogP) is 0.918. The summed E-state index contributed by atoms with van der Waals surface area (Å²) >= 11 is 0. The highest BCUT2D eigenvalue weighted by Crippen LogP contribution is 2.27. The highest BCUT2D eigenvalue weighted by Gasteiger charge is 2.32. The van der Waals surface area contributed by atoms with Crippen molar-refractivity contribution >= 4 is 32.3 Å². The van der Waals surface area contributed by atoms with E-state index in [4.69, 9.17) is 5.73 Å². The maximum atomic E-state index is 12.5. The summed E-state index contributed by atoms with van der Waals surface area (Å²) in [6, 6.07) is 5.41. The molecule has 0 amide bonds. The van der Waals surface area contributed by atoms with E-state index in [2.05, 4.69) is 4.72 Å². The van der Waals surface area contributed by atoms with E-state index in [0.717, 1.165) is 25.5 Å². The molecular formula is C13H21ClN2O4S2. The summed E-state index contributed by atoms with van der Waals surface area (Å²) in [6.45, 7) is 0.418. The number of hydrogen-bond acceptors (Lipinski definition) is 5. The molecule has 2 rings (SSSR count). The van der Waals surface area contributed by atoms with E-state index in [-0.39, 0.29) is 34.2 Å². The molecule has 0 heterocycles. The van der Waals surface area contributed by atoms with E-state index in [1.54, 1.807) is 0 Å². The van der Waals surface area contributed by atoms with Crippen LogP contribution < -0.4 is 10.5 Å². The van der Waals surface area contributed by atoms with Crippen LogP contribution in [0.4, 0.5) is 0 Å². The molecule has 22 heavy (non-hydrogen) atoms. The Kier molecular flexibility index (Phi) is 6.40. The molecule has 0 saturated heterocycles. The lowest BCUT2D eigenvalue weighted by atomic mass is 10.1. The average Bonchev–Trinajstić information content (AvgIpc) is 2.84. The Labute approximate surface area is 137 Å². The van der Waals surface area contributed by atoms with Gasteiger partial charge in [0, 0.05) is 12.3 Å². The molecular weight excluding hydrogens is 348 g/mol. The van der Waals surface area contributed by atoms with Crippen LogP contribution in [0.15, 0.2) is 34.1 Å². The second kappa shape index (κ2) is 7.27. The molecule has 2 unspecified atom stereocenters. The Balaban J connectivity index is 0.00000242. The van der Waals surface area contributed by atoms with Crippen molar-refractivity contribution in [1.29, 1.82) is 0 Å². The fourth-order valence-electron chi connectivity index (χ4n) is 2.72. The maximum Gasteiger partial charge on any atom is 0.242 e. The van der Waals surface area contributed by atoms with Crippen molar-refractivity contribution in [3.8, 4) is 0 Å². The smallest absolute Gasteiger partial charge is 0.242 e. The quantitative estimate of drug-likeness (QED) is 0.803. The standard InChI is InChI=1S/C13H20N2O4S2.ClH/c1-20(16,17)12-7-2-3-8-13(12)21(18,19)15-11-6-4-5-10(11)9-14;/h2-3,7-8,10-11,15H,4-6,9,14H2,1H3;1H. The van der Waals surface area contributed by atoms with Gasteiger partial charge in [-0.15, -0.1) is 12.4 Å². The number of nitrogens with two attached hydrogens (primary N) is 1. The normalized spacial score (nSPS) is 22.3. The van der Waals surface area contributed by atoms with Gasteiger partial charge in [-0.05, 0) is 37.4 Å². The van der Waals surface area contributed by atoms with Gasteiger partial charge in [-0.2, -0.15) is 0 Å². The van der Waals surface area contributed by atoms with Gasteiger partial charge < -0.3 is 5.73 Å². The molecule has 1 aliphatic carbocycles. The lowest BCUT2D eigenvalue weighted by Crippen LogP contribution is -2.40. The zero-order chi connectivity index (χ0) is 15.7. The molecule has 126 valence electrons. The zero-order valence-corrected chi connectivity index (χ0v) is 14.7. The molecule has 0 bridgehead atoms. The third-order valence-corrected chi connectivity index (χ3v) is 6.64. The molecule has 6 nitrogen and oxygen atoms in total. The largest absolute Gasteiger partial charge is 0.330 e. The first-order chi connectivity index (χ1) is 9.75. The van der Waals surface area contributed by atoms with Gasteiger partial charge in [-0.1, -0.05) is 18.6 Å². The molecule has 1 aromatic rings. The van der Waals surface area contributed by atoms with E-state index < -0.39 is 19.9 Å². The molecule has 1 aromatic carbocycles. The van der Waals surface area contributed by atoms with Crippen LogP contribution in [0.25, 0.3) is 0 Å². The molecule has 3 N–H and O–H groups in total. The number of benzene rings is 1. The van der Waals surface area contributed by atoms with Crippen molar-refractivity contribution in [3.63, 3.8) is 0 Å². The van der Waals surface area contributed by atoms with Crippen LogP contribution in [0, 0.1) is 5.92 Å². The van der Waals surface area contributed by atoms with E-state index in [9.17, 15) is 16.8 Å². The summed E-state index contributed by atoms with van der Waals surface area (Å²) in [5, 5.41) is 0. The minimum atomic E-state index is -3.89. The molecule has 0 spiro atoms.